The molecule has 1 aliphatic rings. The number of nitrogens with two attached hydrogens (primary N) is 1. The molecule has 0 atom stereocenters. The number of nitrogens with zero attached hydrogens (tertiary/aromatic N) is 3. The summed E-state index contributed by atoms with van der Waals surface area (Å²) in [7, 11) is -2.14. The average molecular weight is 396 g/mol. The van der Waals surface area contributed by atoms with Gasteiger partial charge in [0.15, 0.2) is 6.61 Å². The third-order valence-corrected chi connectivity index (χ3v) is 5.39. The van der Waals surface area contributed by atoms with Gasteiger partial charge in [-0.15, -0.1) is 0 Å². The summed E-state index contributed by atoms with van der Waals surface area (Å²) in [6, 6.07) is 7.14. The molecule has 0 unspecified atom stereocenters. The Balaban J connectivity index is 1.52. The van der Waals surface area contributed by atoms with E-state index in [1.807, 2.05) is 0 Å². The Kier molecular flexibility index (Phi) is 5.73. The van der Waals surface area contributed by atoms with Crippen molar-refractivity contribution in [3.05, 3.63) is 30.2 Å². The van der Waals surface area contributed by atoms with Crippen molar-refractivity contribution < 1.29 is 27.2 Å². The van der Waals surface area contributed by atoms with E-state index in [9.17, 15) is 13.2 Å². The van der Waals surface area contributed by atoms with Crippen LogP contribution in [-0.4, -0.2) is 49.0 Å². The van der Waals surface area contributed by atoms with Crippen LogP contribution in [-0.2, 0) is 26.3 Å². The van der Waals surface area contributed by atoms with Gasteiger partial charge in [0.25, 0.3) is 16.1 Å². The van der Waals surface area contributed by atoms with E-state index in [1.165, 1.54) is 0 Å². The summed E-state index contributed by atoms with van der Waals surface area (Å²) in [5.74, 6) is 0.464. The minimum Gasteiger partial charge on any atom is -0.497 e. The maximum Gasteiger partial charge on any atom is 0.309 e. The molecule has 146 valence electrons. The topological polar surface area (TPSA) is 138 Å². The highest BCUT2D eigenvalue weighted by molar-refractivity contribution is 7.86. The van der Waals surface area contributed by atoms with Gasteiger partial charge in [0.2, 0.25) is 5.82 Å². The third kappa shape index (κ3) is 4.81. The minimum absolute atomic E-state index is 0.141. The molecule has 1 saturated heterocycles. The summed E-state index contributed by atoms with van der Waals surface area (Å²) in [4.78, 5) is 16.3. The predicted molar refractivity (Wildman–Crippen MR) is 93.5 cm³/mol. The van der Waals surface area contributed by atoms with E-state index in [2.05, 4.69) is 10.1 Å². The van der Waals surface area contributed by atoms with Crippen molar-refractivity contribution in [3.8, 4) is 17.1 Å². The first-order valence-electron chi connectivity index (χ1n) is 8.28. The maximum atomic E-state index is 12.1. The third-order valence-electron chi connectivity index (χ3n) is 4.30. The van der Waals surface area contributed by atoms with Crippen molar-refractivity contribution in [2.45, 2.75) is 19.4 Å². The highest BCUT2D eigenvalue weighted by Crippen LogP contribution is 2.22. The van der Waals surface area contributed by atoms with E-state index in [4.69, 9.17) is 19.1 Å². The monoisotopic (exact) mass is 396 g/mol. The fourth-order valence-electron chi connectivity index (χ4n) is 2.77. The van der Waals surface area contributed by atoms with Crippen molar-refractivity contribution in [2.24, 2.45) is 11.1 Å². The van der Waals surface area contributed by atoms with E-state index < -0.39 is 16.2 Å². The Morgan fingerprint density at radius 2 is 1.96 bits per heavy atom. The van der Waals surface area contributed by atoms with Crippen molar-refractivity contribution in [2.75, 3.05) is 20.2 Å². The SMILES string of the molecule is COc1ccc(-c2noc(COC(=O)C3CCN(S(N)(=O)=O)CC3)n2)cc1. The second-order valence-corrected chi connectivity index (χ2v) is 7.61. The van der Waals surface area contributed by atoms with Gasteiger partial charge < -0.3 is 14.0 Å². The fourth-order valence-corrected chi connectivity index (χ4v) is 3.49. The van der Waals surface area contributed by atoms with Gasteiger partial charge in [0, 0.05) is 18.7 Å². The van der Waals surface area contributed by atoms with Crippen LogP contribution < -0.4 is 9.88 Å². The van der Waals surface area contributed by atoms with Gasteiger partial charge in [-0.3, -0.25) is 4.79 Å². The molecule has 2 aromatic rings. The van der Waals surface area contributed by atoms with Crippen molar-refractivity contribution in [3.63, 3.8) is 0 Å². The Bertz CT molecular complexity index is 888. The molecule has 0 saturated carbocycles. The number of ether oxygens (including phenoxy) is 2. The normalized spacial score (nSPS) is 16.2. The first kappa shape index (κ1) is 19.3. The number of rotatable bonds is 6. The molecule has 3 rings (SSSR count). The summed E-state index contributed by atoms with van der Waals surface area (Å²) >= 11 is 0. The van der Waals surface area contributed by atoms with Gasteiger partial charge in [-0.25, -0.2) is 5.14 Å². The summed E-state index contributed by atoms with van der Waals surface area (Å²) in [5, 5.41) is 8.94. The van der Waals surface area contributed by atoms with Gasteiger partial charge in [0.05, 0.1) is 13.0 Å². The lowest BCUT2D eigenvalue weighted by atomic mass is 9.98. The summed E-state index contributed by atoms with van der Waals surface area (Å²) in [6.45, 7) is 0.249. The zero-order valence-electron chi connectivity index (χ0n) is 14.7. The molecule has 27 heavy (non-hydrogen) atoms. The second kappa shape index (κ2) is 8.03. The highest BCUT2D eigenvalue weighted by Gasteiger charge is 2.30. The van der Waals surface area contributed by atoms with Gasteiger partial charge in [-0.1, -0.05) is 5.16 Å². The van der Waals surface area contributed by atoms with Crippen LogP contribution in [0.15, 0.2) is 28.8 Å². The van der Waals surface area contributed by atoms with Gasteiger partial charge >= 0.3 is 5.97 Å². The van der Waals surface area contributed by atoms with Gasteiger partial charge in [0.1, 0.15) is 5.75 Å². The standard InChI is InChI=1S/C16H20N4O6S/c1-24-13-4-2-11(3-5-13)15-18-14(26-19-15)10-25-16(21)12-6-8-20(9-7-12)27(17,22)23/h2-5,12H,6-10H2,1H3,(H2,17,22,23). The lowest BCUT2D eigenvalue weighted by Crippen LogP contribution is -2.43. The molecule has 0 spiro atoms. The maximum absolute atomic E-state index is 12.1. The number of piperidine rings is 1. The average Bonchev–Trinajstić information content (AvgIpc) is 3.14. The van der Waals surface area contributed by atoms with Crippen LogP contribution in [0.1, 0.15) is 18.7 Å². The van der Waals surface area contributed by atoms with Crippen LogP contribution in [0.5, 0.6) is 5.75 Å². The Morgan fingerprint density at radius 3 is 2.56 bits per heavy atom. The lowest BCUT2D eigenvalue weighted by Gasteiger charge is -2.28. The quantitative estimate of drug-likeness (QED) is 0.704. The molecule has 1 aromatic carbocycles. The van der Waals surface area contributed by atoms with E-state index in [-0.39, 0.29) is 31.5 Å². The van der Waals surface area contributed by atoms with E-state index in [0.717, 1.165) is 9.87 Å². The highest BCUT2D eigenvalue weighted by atomic mass is 32.2. The molecule has 1 aromatic heterocycles. The number of hydrogen-bond donors (Lipinski definition) is 1. The second-order valence-electron chi connectivity index (χ2n) is 6.07. The predicted octanol–water partition coefficient (Wildman–Crippen LogP) is 0.704. The molecule has 1 fully saturated rings. The van der Waals surface area contributed by atoms with Gasteiger partial charge in [-0.05, 0) is 37.1 Å². The zero-order chi connectivity index (χ0) is 19.4. The summed E-state index contributed by atoms with van der Waals surface area (Å²) < 4.78 is 39.1. The smallest absolute Gasteiger partial charge is 0.309 e. The van der Waals surface area contributed by atoms with Crippen LogP contribution in [0.25, 0.3) is 11.4 Å². The molecule has 0 amide bonds. The zero-order valence-corrected chi connectivity index (χ0v) is 15.5. The minimum atomic E-state index is -3.72. The summed E-state index contributed by atoms with van der Waals surface area (Å²) in [5.41, 5.74) is 0.743. The number of esters is 1. The molecule has 0 radical (unpaired) electrons. The van der Waals surface area contributed by atoms with Crippen LogP contribution in [0.3, 0.4) is 0 Å². The van der Waals surface area contributed by atoms with Crippen LogP contribution in [0, 0.1) is 5.92 Å². The Morgan fingerprint density at radius 1 is 1.30 bits per heavy atom. The number of carbonyl (C=O) groups is 1. The van der Waals surface area contributed by atoms with E-state index >= 15 is 0 Å². The Labute approximate surface area is 156 Å². The molecular formula is C16H20N4O6S. The summed E-state index contributed by atoms with van der Waals surface area (Å²) in [6.07, 6.45) is 0.715. The van der Waals surface area contributed by atoms with Crippen molar-refractivity contribution in [1.29, 1.82) is 0 Å². The van der Waals surface area contributed by atoms with Crippen LogP contribution in [0.4, 0.5) is 0 Å². The van der Waals surface area contributed by atoms with Crippen LogP contribution >= 0.6 is 0 Å². The van der Waals surface area contributed by atoms with Crippen molar-refractivity contribution >= 4 is 16.2 Å². The van der Waals surface area contributed by atoms with Gasteiger partial charge in [-0.2, -0.15) is 17.7 Å². The van der Waals surface area contributed by atoms with E-state index in [0.29, 0.717) is 24.4 Å². The largest absolute Gasteiger partial charge is 0.497 e. The fraction of sp³-hybridized carbons (Fsp3) is 0.438. The first-order chi connectivity index (χ1) is 12.9. The van der Waals surface area contributed by atoms with Crippen LogP contribution in [0.2, 0.25) is 0 Å². The molecule has 2 heterocycles. The molecular weight excluding hydrogens is 376 g/mol. The van der Waals surface area contributed by atoms with Crippen molar-refractivity contribution in [1.82, 2.24) is 14.4 Å². The number of hydrogen-bond acceptors (Lipinski definition) is 8. The number of methoxy groups -OCH3 is 1. The molecule has 11 heteroatoms. The Hall–Kier alpha value is -2.50. The number of aromatic nitrogens is 2. The van der Waals surface area contributed by atoms with E-state index in [1.54, 1.807) is 31.4 Å². The molecule has 1 aliphatic heterocycles. The molecule has 10 nitrogen and oxygen atoms in total. The number of carbonyl (C=O) groups excluding carboxylic acids is 1. The lowest BCUT2D eigenvalue weighted by molar-refractivity contribution is -0.152. The molecule has 0 bridgehead atoms. The molecule has 2 N–H and O–H groups in total. The number of benzene rings is 1. The molecule has 0 aliphatic carbocycles. The first-order valence-corrected chi connectivity index (χ1v) is 9.78.